The molecule has 1 rings (SSSR count). The Bertz CT molecular complexity index is 436. The first kappa shape index (κ1) is 16.7. The lowest BCUT2D eigenvalue weighted by Gasteiger charge is -2.15. The normalized spacial score (nSPS) is 13.0. The Balaban J connectivity index is 2.60. The van der Waals surface area contributed by atoms with Crippen molar-refractivity contribution in [1.82, 2.24) is 10.5 Å². The Morgan fingerprint density at radius 1 is 1.20 bits per heavy atom. The van der Waals surface area contributed by atoms with Gasteiger partial charge in [-0.15, -0.1) is 0 Å². The highest BCUT2D eigenvalue weighted by molar-refractivity contribution is 5.96. The average molecular weight is 280 g/mol. The SMILES string of the molecule is Cc1noc(C(C)C)c1C(=O)NC(C)CCCC(C)C. The number of aryl methyl sites for hydroxylation is 1. The number of amides is 1. The highest BCUT2D eigenvalue weighted by atomic mass is 16.5. The lowest BCUT2D eigenvalue weighted by molar-refractivity contribution is 0.0934. The van der Waals surface area contributed by atoms with E-state index in [2.05, 4.69) is 31.2 Å². The molecule has 0 aliphatic carbocycles. The third kappa shape index (κ3) is 4.66. The van der Waals surface area contributed by atoms with Gasteiger partial charge >= 0.3 is 0 Å². The smallest absolute Gasteiger partial charge is 0.257 e. The fourth-order valence-electron chi connectivity index (χ4n) is 2.26. The van der Waals surface area contributed by atoms with Gasteiger partial charge in [0.2, 0.25) is 0 Å². The maximum atomic E-state index is 12.3. The molecule has 4 heteroatoms. The van der Waals surface area contributed by atoms with Gasteiger partial charge in [-0.1, -0.05) is 45.7 Å². The lowest BCUT2D eigenvalue weighted by atomic mass is 10.0. The molecule has 1 aromatic heterocycles. The van der Waals surface area contributed by atoms with Crippen molar-refractivity contribution in [2.45, 2.75) is 72.8 Å². The number of hydrogen-bond donors (Lipinski definition) is 1. The summed E-state index contributed by atoms with van der Waals surface area (Å²) in [4.78, 5) is 12.3. The highest BCUT2D eigenvalue weighted by Crippen LogP contribution is 2.22. The molecule has 1 unspecified atom stereocenters. The lowest BCUT2D eigenvalue weighted by Crippen LogP contribution is -2.33. The molecule has 1 aromatic rings. The second-order valence-electron chi connectivity index (χ2n) is 6.36. The number of carbonyl (C=O) groups excluding carboxylic acids is 1. The van der Waals surface area contributed by atoms with E-state index >= 15 is 0 Å². The maximum absolute atomic E-state index is 12.3. The van der Waals surface area contributed by atoms with Crippen LogP contribution >= 0.6 is 0 Å². The molecule has 0 saturated carbocycles. The summed E-state index contributed by atoms with van der Waals surface area (Å²) >= 11 is 0. The molecule has 0 spiro atoms. The van der Waals surface area contributed by atoms with Crippen molar-refractivity contribution >= 4 is 5.91 Å². The molecule has 1 N–H and O–H groups in total. The Hall–Kier alpha value is -1.32. The number of carbonyl (C=O) groups is 1. The first-order chi connectivity index (χ1) is 9.32. The van der Waals surface area contributed by atoms with Crippen LogP contribution < -0.4 is 5.32 Å². The van der Waals surface area contributed by atoms with Gasteiger partial charge in [-0.25, -0.2) is 0 Å². The van der Waals surface area contributed by atoms with Crippen LogP contribution in [0.4, 0.5) is 0 Å². The van der Waals surface area contributed by atoms with Crippen LogP contribution in [-0.4, -0.2) is 17.1 Å². The van der Waals surface area contributed by atoms with E-state index < -0.39 is 0 Å². The number of aromatic nitrogens is 1. The summed E-state index contributed by atoms with van der Waals surface area (Å²) in [5.41, 5.74) is 1.27. The first-order valence-corrected chi connectivity index (χ1v) is 7.60. The summed E-state index contributed by atoms with van der Waals surface area (Å²) < 4.78 is 5.26. The summed E-state index contributed by atoms with van der Waals surface area (Å²) in [5, 5.41) is 6.97. The number of rotatable bonds is 7. The van der Waals surface area contributed by atoms with E-state index in [1.54, 1.807) is 0 Å². The second kappa shape index (κ2) is 7.46. The molecular weight excluding hydrogens is 252 g/mol. The molecule has 0 radical (unpaired) electrons. The van der Waals surface area contributed by atoms with Gasteiger partial charge in [-0.2, -0.15) is 0 Å². The van der Waals surface area contributed by atoms with E-state index in [1.807, 2.05) is 20.8 Å². The number of nitrogens with one attached hydrogen (secondary N) is 1. The van der Waals surface area contributed by atoms with Gasteiger partial charge in [0, 0.05) is 12.0 Å². The van der Waals surface area contributed by atoms with E-state index in [0.717, 1.165) is 12.8 Å². The van der Waals surface area contributed by atoms with Gasteiger partial charge in [-0.05, 0) is 26.2 Å². The second-order valence-corrected chi connectivity index (χ2v) is 6.36. The van der Waals surface area contributed by atoms with Gasteiger partial charge in [-0.3, -0.25) is 4.79 Å². The fourth-order valence-corrected chi connectivity index (χ4v) is 2.26. The van der Waals surface area contributed by atoms with Crippen LogP contribution in [0.3, 0.4) is 0 Å². The largest absolute Gasteiger partial charge is 0.360 e. The number of nitrogens with zero attached hydrogens (tertiary/aromatic N) is 1. The summed E-state index contributed by atoms with van der Waals surface area (Å²) in [7, 11) is 0. The molecule has 114 valence electrons. The molecule has 0 aliphatic rings. The van der Waals surface area contributed by atoms with Crippen LogP contribution in [0.2, 0.25) is 0 Å². The Kier molecular flexibility index (Phi) is 6.24. The van der Waals surface area contributed by atoms with Crippen LogP contribution in [0.25, 0.3) is 0 Å². The minimum absolute atomic E-state index is 0.0653. The van der Waals surface area contributed by atoms with Crippen LogP contribution in [0.5, 0.6) is 0 Å². The standard InChI is InChI=1S/C16H28N2O2/c1-10(2)8-7-9-12(5)17-16(19)14-13(6)18-20-15(14)11(3)4/h10-12H,7-9H2,1-6H3,(H,17,19). The highest BCUT2D eigenvalue weighted by Gasteiger charge is 2.23. The summed E-state index contributed by atoms with van der Waals surface area (Å²) in [5.74, 6) is 1.48. The van der Waals surface area contributed by atoms with Crippen LogP contribution in [0.15, 0.2) is 4.52 Å². The number of hydrogen-bond acceptors (Lipinski definition) is 3. The van der Waals surface area contributed by atoms with Crippen molar-refractivity contribution in [3.05, 3.63) is 17.0 Å². The summed E-state index contributed by atoms with van der Waals surface area (Å²) in [6.07, 6.45) is 3.34. The summed E-state index contributed by atoms with van der Waals surface area (Å²) in [6.45, 7) is 12.3. The van der Waals surface area contributed by atoms with E-state index in [-0.39, 0.29) is 17.9 Å². The van der Waals surface area contributed by atoms with Gasteiger partial charge < -0.3 is 9.84 Å². The quantitative estimate of drug-likeness (QED) is 0.819. The monoisotopic (exact) mass is 280 g/mol. The van der Waals surface area contributed by atoms with Crippen molar-refractivity contribution in [2.24, 2.45) is 5.92 Å². The van der Waals surface area contributed by atoms with E-state index in [0.29, 0.717) is 22.9 Å². The van der Waals surface area contributed by atoms with Crippen molar-refractivity contribution in [2.75, 3.05) is 0 Å². The molecular formula is C16H28N2O2. The molecule has 0 saturated heterocycles. The first-order valence-electron chi connectivity index (χ1n) is 7.60. The summed E-state index contributed by atoms with van der Waals surface area (Å²) in [6, 6.07) is 0.176. The zero-order valence-corrected chi connectivity index (χ0v) is 13.6. The molecule has 1 atom stereocenters. The molecule has 0 bridgehead atoms. The minimum atomic E-state index is -0.0653. The topological polar surface area (TPSA) is 55.1 Å². The third-order valence-corrected chi connectivity index (χ3v) is 3.44. The third-order valence-electron chi connectivity index (χ3n) is 3.44. The predicted octanol–water partition coefficient (Wildman–Crippen LogP) is 4.05. The fraction of sp³-hybridized carbons (Fsp3) is 0.750. The zero-order chi connectivity index (χ0) is 15.3. The Morgan fingerprint density at radius 2 is 1.85 bits per heavy atom. The minimum Gasteiger partial charge on any atom is -0.360 e. The van der Waals surface area contributed by atoms with E-state index in [1.165, 1.54) is 6.42 Å². The van der Waals surface area contributed by atoms with Crippen molar-refractivity contribution in [3.8, 4) is 0 Å². The van der Waals surface area contributed by atoms with Crippen molar-refractivity contribution in [3.63, 3.8) is 0 Å². The van der Waals surface area contributed by atoms with E-state index in [9.17, 15) is 4.79 Å². The van der Waals surface area contributed by atoms with Crippen LogP contribution in [0, 0.1) is 12.8 Å². The molecule has 1 amide bonds. The predicted molar refractivity (Wildman–Crippen MR) is 80.9 cm³/mol. The molecule has 0 aromatic carbocycles. The molecule has 1 heterocycles. The van der Waals surface area contributed by atoms with Gasteiger partial charge in [0.25, 0.3) is 5.91 Å². The van der Waals surface area contributed by atoms with Gasteiger partial charge in [0.15, 0.2) is 5.76 Å². The van der Waals surface area contributed by atoms with Crippen LogP contribution in [-0.2, 0) is 0 Å². The van der Waals surface area contributed by atoms with Crippen molar-refractivity contribution in [1.29, 1.82) is 0 Å². The Labute approximate surface area is 122 Å². The molecule has 0 aliphatic heterocycles. The van der Waals surface area contributed by atoms with Crippen molar-refractivity contribution < 1.29 is 9.32 Å². The molecule has 4 nitrogen and oxygen atoms in total. The zero-order valence-electron chi connectivity index (χ0n) is 13.6. The van der Waals surface area contributed by atoms with Gasteiger partial charge in [0.05, 0.1) is 5.69 Å². The Morgan fingerprint density at radius 3 is 2.40 bits per heavy atom. The van der Waals surface area contributed by atoms with Gasteiger partial charge in [0.1, 0.15) is 5.56 Å². The van der Waals surface area contributed by atoms with Crippen LogP contribution in [0.1, 0.15) is 81.6 Å². The average Bonchev–Trinajstić information content (AvgIpc) is 2.70. The van der Waals surface area contributed by atoms with E-state index in [4.69, 9.17) is 4.52 Å². The maximum Gasteiger partial charge on any atom is 0.257 e. The molecule has 0 fully saturated rings. The molecule has 20 heavy (non-hydrogen) atoms.